The maximum absolute atomic E-state index is 5.77. The third-order valence-electron chi connectivity index (χ3n) is 3.62. The van der Waals surface area contributed by atoms with Crippen molar-refractivity contribution in [3.05, 3.63) is 35.9 Å². The van der Waals surface area contributed by atoms with Gasteiger partial charge in [0.1, 0.15) is 12.4 Å². The minimum absolute atomic E-state index is 0.951. The number of benzene rings is 1. The summed E-state index contributed by atoms with van der Waals surface area (Å²) in [5.41, 5.74) is 2.85. The van der Waals surface area contributed by atoms with Crippen molar-refractivity contribution in [1.29, 1.82) is 0 Å². The van der Waals surface area contributed by atoms with Crippen LogP contribution in [0.15, 0.2) is 18.2 Å². The van der Waals surface area contributed by atoms with Gasteiger partial charge in [-0.15, -0.1) is 0 Å². The van der Waals surface area contributed by atoms with Crippen LogP contribution in [0.3, 0.4) is 0 Å². The number of hydrogen-bond donors (Lipinski definition) is 0. The fourth-order valence-corrected chi connectivity index (χ4v) is 2.42. The molecular weight excluding hydrogens is 244 g/mol. The predicted molar refractivity (Wildman–Crippen MR) is 88.1 cm³/mol. The van der Waals surface area contributed by atoms with Gasteiger partial charge in [-0.3, -0.25) is 0 Å². The van der Waals surface area contributed by atoms with E-state index in [1.54, 1.807) is 0 Å². The Hall–Kier alpha value is -0.980. The molecule has 0 unspecified atom stereocenters. The van der Waals surface area contributed by atoms with Gasteiger partial charge in [0.25, 0.3) is 0 Å². The summed E-state index contributed by atoms with van der Waals surface area (Å²) in [4.78, 5) is 0. The van der Waals surface area contributed by atoms with Crippen molar-refractivity contribution < 1.29 is 4.74 Å². The Morgan fingerprint density at radius 3 is 2.25 bits per heavy atom. The first-order valence-electron chi connectivity index (χ1n) is 8.41. The van der Waals surface area contributed by atoms with E-state index in [2.05, 4.69) is 39.0 Å². The fourth-order valence-electron chi connectivity index (χ4n) is 2.42. The highest BCUT2D eigenvalue weighted by Crippen LogP contribution is 2.24. The van der Waals surface area contributed by atoms with E-state index < -0.39 is 0 Å². The number of rotatable bonds is 11. The first-order chi connectivity index (χ1) is 9.81. The molecule has 0 aliphatic carbocycles. The molecule has 1 aromatic rings. The van der Waals surface area contributed by atoms with Crippen LogP contribution in [-0.4, -0.2) is 0 Å². The van der Waals surface area contributed by atoms with Gasteiger partial charge in [-0.05, 0) is 49.3 Å². The van der Waals surface area contributed by atoms with Crippen LogP contribution in [-0.2, 0) is 12.8 Å². The maximum atomic E-state index is 5.77. The molecule has 20 heavy (non-hydrogen) atoms. The van der Waals surface area contributed by atoms with Crippen LogP contribution in [0.25, 0.3) is 0 Å². The molecule has 0 saturated carbocycles. The average molecular weight is 275 g/mol. The third-order valence-corrected chi connectivity index (χ3v) is 3.62. The normalized spacial score (nSPS) is 10.8. The number of unbranched alkanes of at least 4 members (excludes halogenated alkanes) is 4. The zero-order valence-electron chi connectivity index (χ0n) is 13.6. The van der Waals surface area contributed by atoms with Crippen molar-refractivity contribution in [1.82, 2.24) is 0 Å². The summed E-state index contributed by atoms with van der Waals surface area (Å²) in [6.07, 6.45) is 11.0. The molecule has 0 bridgehead atoms. The minimum atomic E-state index is 0.951. The van der Waals surface area contributed by atoms with Gasteiger partial charge in [0.2, 0.25) is 0 Å². The highest BCUT2D eigenvalue weighted by molar-refractivity contribution is 5.38. The second-order valence-electron chi connectivity index (χ2n) is 5.55. The molecule has 0 amide bonds. The molecule has 0 heterocycles. The lowest BCUT2D eigenvalue weighted by Crippen LogP contribution is -1.97. The second kappa shape index (κ2) is 10.8. The topological polar surface area (TPSA) is 9.23 Å². The summed E-state index contributed by atoms with van der Waals surface area (Å²) < 4.78 is 5.77. The van der Waals surface area contributed by atoms with Crippen molar-refractivity contribution in [2.24, 2.45) is 0 Å². The van der Waals surface area contributed by atoms with Gasteiger partial charge in [0, 0.05) is 0 Å². The van der Waals surface area contributed by atoms with Gasteiger partial charge >= 0.3 is 0 Å². The Kier molecular flexibility index (Phi) is 9.19. The molecule has 0 spiro atoms. The van der Waals surface area contributed by atoms with Crippen LogP contribution in [0.2, 0.25) is 0 Å². The smallest absolute Gasteiger partial charge is 0.135 e. The van der Waals surface area contributed by atoms with E-state index in [-0.39, 0.29) is 0 Å². The van der Waals surface area contributed by atoms with Gasteiger partial charge in [-0.1, -0.05) is 58.6 Å². The highest BCUT2D eigenvalue weighted by atomic mass is 16.5. The van der Waals surface area contributed by atoms with E-state index in [0.717, 1.165) is 18.6 Å². The fraction of sp³-hybridized carbons (Fsp3) is 0.632. The Morgan fingerprint density at radius 1 is 0.900 bits per heavy atom. The van der Waals surface area contributed by atoms with Gasteiger partial charge in [0.15, 0.2) is 0 Å². The van der Waals surface area contributed by atoms with Crippen molar-refractivity contribution in [3.63, 3.8) is 0 Å². The van der Waals surface area contributed by atoms with Gasteiger partial charge in [-0.2, -0.15) is 0 Å². The standard InChI is InChI=1S/C19H31O/c1-4-7-9-11-17-13-14-19(20-15-6-3)18(16-17)12-10-8-5-2/h13-16H,4-12H2,1-3H3. The zero-order chi connectivity index (χ0) is 14.6. The minimum Gasteiger partial charge on any atom is -0.486 e. The van der Waals surface area contributed by atoms with E-state index in [1.807, 2.05) is 6.61 Å². The average Bonchev–Trinajstić information content (AvgIpc) is 2.47. The van der Waals surface area contributed by atoms with Crippen LogP contribution in [0.1, 0.15) is 76.8 Å². The molecule has 1 radical (unpaired) electrons. The largest absolute Gasteiger partial charge is 0.486 e. The highest BCUT2D eigenvalue weighted by Gasteiger charge is 2.06. The molecule has 0 fully saturated rings. The maximum Gasteiger partial charge on any atom is 0.135 e. The van der Waals surface area contributed by atoms with Gasteiger partial charge < -0.3 is 4.74 Å². The number of aryl methyl sites for hydroxylation is 2. The molecule has 0 aromatic heterocycles. The van der Waals surface area contributed by atoms with Crippen molar-refractivity contribution >= 4 is 0 Å². The number of hydrogen-bond acceptors (Lipinski definition) is 1. The summed E-state index contributed by atoms with van der Waals surface area (Å²) in [7, 11) is 0. The molecule has 0 atom stereocenters. The SMILES string of the molecule is CC[CH]Oc1ccc(CCCCC)cc1CCCCC. The Balaban J connectivity index is 2.67. The summed E-state index contributed by atoms with van der Waals surface area (Å²) in [5, 5.41) is 0. The van der Waals surface area contributed by atoms with Crippen LogP contribution < -0.4 is 4.74 Å². The van der Waals surface area contributed by atoms with E-state index in [9.17, 15) is 0 Å². The molecule has 0 aliphatic heterocycles. The van der Waals surface area contributed by atoms with Crippen molar-refractivity contribution in [2.75, 3.05) is 0 Å². The molecule has 1 aromatic carbocycles. The van der Waals surface area contributed by atoms with Gasteiger partial charge in [0.05, 0.1) is 0 Å². The van der Waals surface area contributed by atoms with E-state index in [0.29, 0.717) is 0 Å². The lowest BCUT2D eigenvalue weighted by molar-refractivity contribution is 0.392. The van der Waals surface area contributed by atoms with Gasteiger partial charge in [-0.25, -0.2) is 0 Å². The lowest BCUT2D eigenvalue weighted by atomic mass is 10.0. The molecule has 0 N–H and O–H groups in total. The molecule has 1 heteroatoms. The monoisotopic (exact) mass is 275 g/mol. The van der Waals surface area contributed by atoms with E-state index in [1.165, 1.54) is 56.1 Å². The van der Waals surface area contributed by atoms with Crippen LogP contribution in [0.4, 0.5) is 0 Å². The first-order valence-corrected chi connectivity index (χ1v) is 8.41. The lowest BCUT2D eigenvalue weighted by Gasteiger charge is -2.12. The molecule has 0 aliphatic rings. The van der Waals surface area contributed by atoms with Crippen LogP contribution in [0, 0.1) is 6.61 Å². The second-order valence-corrected chi connectivity index (χ2v) is 5.55. The summed E-state index contributed by atoms with van der Waals surface area (Å²) in [6.45, 7) is 8.52. The third kappa shape index (κ3) is 6.45. The Morgan fingerprint density at radius 2 is 1.60 bits per heavy atom. The molecular formula is C19H31O. The molecule has 113 valence electrons. The zero-order valence-corrected chi connectivity index (χ0v) is 13.6. The predicted octanol–water partition coefficient (Wildman–Crippen LogP) is 6.10. The molecule has 1 rings (SSSR count). The Bertz CT molecular complexity index is 357. The summed E-state index contributed by atoms with van der Waals surface area (Å²) in [5.74, 6) is 1.06. The Labute approximate surface area is 125 Å². The number of ether oxygens (including phenoxy) is 1. The van der Waals surface area contributed by atoms with Crippen LogP contribution in [0.5, 0.6) is 5.75 Å². The van der Waals surface area contributed by atoms with Crippen molar-refractivity contribution in [3.8, 4) is 5.75 Å². The van der Waals surface area contributed by atoms with Crippen molar-refractivity contribution in [2.45, 2.75) is 78.6 Å². The molecule has 0 saturated heterocycles. The van der Waals surface area contributed by atoms with Crippen LogP contribution >= 0.6 is 0 Å². The quantitative estimate of drug-likeness (QED) is 0.443. The molecule has 1 nitrogen and oxygen atoms in total. The first kappa shape index (κ1) is 17.1. The summed E-state index contributed by atoms with van der Waals surface area (Å²) in [6, 6.07) is 6.76. The van der Waals surface area contributed by atoms with E-state index in [4.69, 9.17) is 4.74 Å². The summed E-state index contributed by atoms with van der Waals surface area (Å²) >= 11 is 0. The van der Waals surface area contributed by atoms with E-state index >= 15 is 0 Å².